The Morgan fingerprint density at radius 2 is 1.65 bits per heavy atom. The summed E-state index contributed by atoms with van der Waals surface area (Å²) in [5, 5.41) is 14.2. The summed E-state index contributed by atoms with van der Waals surface area (Å²) in [4.78, 5) is 8.44. The monoisotopic (exact) mass is 605 g/mol. The third-order valence-electron chi connectivity index (χ3n) is 7.37. The minimum absolute atomic E-state index is 0.175. The molecular formula is C33H31ClF3N5O. The second-order valence-electron chi connectivity index (χ2n) is 10.5. The molecule has 3 aromatic carbocycles. The standard InChI is InChI=1S/C33H31ClF3N5O/c1-41-14-16-42(17-15-41)21-26-10-13-29(19-30(26)33(35,36)37)40-32(43)24-5-2-22(3-6-24)4-7-25-18-27(20-39-31(25)38)23-8-11-28(34)12-9-23/h2-3,5-6,8-13,18-20,32,40,43H,14-17,21H2,1H3,(H2,38,39). The molecule has 0 aliphatic carbocycles. The van der Waals surface area contributed by atoms with Crippen LogP contribution < -0.4 is 11.1 Å². The quantitative estimate of drug-likeness (QED) is 0.178. The maximum atomic E-state index is 13.9. The van der Waals surface area contributed by atoms with Crippen molar-refractivity contribution in [3.8, 4) is 23.0 Å². The summed E-state index contributed by atoms with van der Waals surface area (Å²) >= 11 is 5.98. The largest absolute Gasteiger partial charge is 0.416 e. The van der Waals surface area contributed by atoms with Crippen molar-refractivity contribution in [2.24, 2.45) is 0 Å². The van der Waals surface area contributed by atoms with Crippen LogP contribution in [0.15, 0.2) is 79.0 Å². The summed E-state index contributed by atoms with van der Waals surface area (Å²) in [7, 11) is 2.00. The van der Waals surface area contributed by atoms with Crippen LogP contribution in [0.3, 0.4) is 0 Å². The van der Waals surface area contributed by atoms with Gasteiger partial charge in [-0.05, 0) is 60.6 Å². The average molecular weight is 606 g/mol. The SMILES string of the molecule is CN1CCN(Cc2ccc(NC(O)c3ccc(C#Cc4cc(-c5ccc(Cl)cc5)cnc4N)cc3)cc2C(F)(F)F)CC1. The lowest BCUT2D eigenvalue weighted by Gasteiger charge is -2.33. The van der Waals surface area contributed by atoms with E-state index in [0.717, 1.165) is 30.3 Å². The number of pyridine rings is 1. The van der Waals surface area contributed by atoms with Crippen molar-refractivity contribution >= 4 is 23.1 Å². The number of nitrogen functional groups attached to an aromatic ring is 1. The molecule has 1 saturated heterocycles. The highest BCUT2D eigenvalue weighted by Gasteiger charge is 2.34. The molecule has 2 heterocycles. The lowest BCUT2D eigenvalue weighted by molar-refractivity contribution is -0.138. The molecule has 4 N–H and O–H groups in total. The molecule has 0 amide bonds. The molecule has 1 atom stereocenters. The van der Waals surface area contributed by atoms with Crippen LogP contribution in [0.4, 0.5) is 24.7 Å². The van der Waals surface area contributed by atoms with Crippen molar-refractivity contribution in [2.45, 2.75) is 18.9 Å². The van der Waals surface area contributed by atoms with Crippen molar-refractivity contribution in [2.75, 3.05) is 44.3 Å². The number of aromatic nitrogens is 1. The van der Waals surface area contributed by atoms with Crippen LogP contribution in [0.1, 0.15) is 34.0 Å². The number of nitrogens with zero attached hydrogens (tertiary/aromatic N) is 3. The number of alkyl halides is 3. The van der Waals surface area contributed by atoms with E-state index < -0.39 is 18.0 Å². The number of anilines is 2. The number of nitrogens with one attached hydrogen (secondary N) is 1. The smallest absolute Gasteiger partial charge is 0.383 e. The second-order valence-corrected chi connectivity index (χ2v) is 11.0. The normalized spacial score (nSPS) is 15.0. The number of hydrogen-bond donors (Lipinski definition) is 3. The van der Waals surface area contributed by atoms with Gasteiger partial charge in [0, 0.05) is 66.3 Å². The number of benzene rings is 3. The Kier molecular flexibility index (Phi) is 9.23. The first-order chi connectivity index (χ1) is 20.5. The fraction of sp³-hybridized carbons (Fsp3) is 0.242. The third-order valence-corrected chi connectivity index (χ3v) is 7.62. The van der Waals surface area contributed by atoms with Gasteiger partial charge in [0.1, 0.15) is 5.82 Å². The predicted octanol–water partition coefficient (Wildman–Crippen LogP) is 6.25. The van der Waals surface area contributed by atoms with Crippen LogP contribution >= 0.6 is 11.6 Å². The van der Waals surface area contributed by atoms with Gasteiger partial charge >= 0.3 is 6.18 Å². The van der Waals surface area contributed by atoms with E-state index in [9.17, 15) is 18.3 Å². The molecule has 10 heteroatoms. The second kappa shape index (κ2) is 13.1. The number of nitrogens with two attached hydrogens (primary N) is 1. The van der Waals surface area contributed by atoms with E-state index in [1.165, 1.54) is 6.07 Å². The van der Waals surface area contributed by atoms with Gasteiger partial charge in [-0.15, -0.1) is 0 Å². The first-order valence-electron chi connectivity index (χ1n) is 13.7. The molecule has 1 fully saturated rings. The minimum atomic E-state index is -4.52. The highest BCUT2D eigenvalue weighted by molar-refractivity contribution is 6.30. The van der Waals surface area contributed by atoms with Crippen molar-refractivity contribution in [1.29, 1.82) is 0 Å². The van der Waals surface area contributed by atoms with Crippen LogP contribution in [0.25, 0.3) is 11.1 Å². The molecule has 0 radical (unpaired) electrons. The number of halogens is 4. The van der Waals surface area contributed by atoms with Crippen LogP contribution in [-0.4, -0.2) is 53.1 Å². The maximum Gasteiger partial charge on any atom is 0.416 e. The first-order valence-corrected chi connectivity index (χ1v) is 14.1. The van der Waals surface area contributed by atoms with Gasteiger partial charge in [0.15, 0.2) is 6.23 Å². The van der Waals surface area contributed by atoms with Gasteiger partial charge in [-0.25, -0.2) is 4.98 Å². The Hall–Kier alpha value is -4.07. The molecule has 1 aromatic heterocycles. The van der Waals surface area contributed by atoms with Gasteiger partial charge in [0.25, 0.3) is 0 Å². The zero-order chi connectivity index (χ0) is 30.6. The Bertz CT molecular complexity index is 1620. The number of rotatable bonds is 6. The summed E-state index contributed by atoms with van der Waals surface area (Å²) in [5.41, 5.74) is 9.21. The molecule has 4 aromatic rings. The summed E-state index contributed by atoms with van der Waals surface area (Å²) in [5.74, 6) is 6.39. The Morgan fingerprint density at radius 1 is 0.953 bits per heavy atom. The van der Waals surface area contributed by atoms with Gasteiger partial charge in [0.2, 0.25) is 0 Å². The van der Waals surface area contributed by atoms with Gasteiger partial charge in [-0.3, -0.25) is 4.90 Å². The lowest BCUT2D eigenvalue weighted by Crippen LogP contribution is -2.44. The summed E-state index contributed by atoms with van der Waals surface area (Å²) in [6, 6.07) is 20.1. The van der Waals surface area contributed by atoms with Crippen LogP contribution in [-0.2, 0) is 12.7 Å². The van der Waals surface area contributed by atoms with E-state index in [1.54, 1.807) is 48.7 Å². The molecular weight excluding hydrogens is 575 g/mol. The third kappa shape index (κ3) is 7.86. The molecule has 0 spiro atoms. The number of aliphatic hydroxyl groups is 1. The zero-order valence-corrected chi connectivity index (χ0v) is 24.3. The van der Waals surface area contributed by atoms with Gasteiger partial charge in [-0.2, -0.15) is 13.2 Å². The maximum absolute atomic E-state index is 13.9. The van der Waals surface area contributed by atoms with Crippen LogP contribution in [0.5, 0.6) is 0 Å². The lowest BCUT2D eigenvalue weighted by atomic mass is 10.0. The summed E-state index contributed by atoms with van der Waals surface area (Å²) < 4.78 is 41.8. The molecule has 222 valence electrons. The summed E-state index contributed by atoms with van der Waals surface area (Å²) in [6.07, 6.45) is -4.06. The highest BCUT2D eigenvalue weighted by atomic mass is 35.5. The molecule has 43 heavy (non-hydrogen) atoms. The fourth-order valence-electron chi connectivity index (χ4n) is 4.82. The number of likely N-dealkylation sites (N-methyl/N-ethyl adjacent to an activating group) is 1. The van der Waals surface area contributed by atoms with E-state index in [1.807, 2.05) is 30.1 Å². The van der Waals surface area contributed by atoms with Gasteiger partial charge in [-0.1, -0.05) is 53.8 Å². The van der Waals surface area contributed by atoms with Crippen molar-refractivity contribution in [3.05, 3.63) is 112 Å². The van der Waals surface area contributed by atoms with E-state index in [4.69, 9.17) is 17.3 Å². The fourth-order valence-corrected chi connectivity index (χ4v) is 4.95. The Morgan fingerprint density at radius 3 is 2.33 bits per heavy atom. The first kappa shape index (κ1) is 30.4. The highest BCUT2D eigenvalue weighted by Crippen LogP contribution is 2.35. The molecule has 5 rings (SSSR count). The molecule has 0 saturated carbocycles. The van der Waals surface area contributed by atoms with Gasteiger partial charge in [0.05, 0.1) is 11.1 Å². The van der Waals surface area contributed by atoms with E-state index in [-0.39, 0.29) is 17.8 Å². The van der Waals surface area contributed by atoms with E-state index >= 15 is 0 Å². The topological polar surface area (TPSA) is 77.6 Å². The number of piperazine rings is 1. The average Bonchev–Trinajstić information content (AvgIpc) is 2.99. The van der Waals surface area contributed by atoms with Crippen LogP contribution in [0, 0.1) is 11.8 Å². The molecule has 1 aliphatic rings. The Labute approximate surface area is 253 Å². The zero-order valence-electron chi connectivity index (χ0n) is 23.5. The van der Waals surface area contributed by atoms with E-state index in [2.05, 4.69) is 27.0 Å². The Balaban J connectivity index is 1.27. The van der Waals surface area contributed by atoms with Crippen LogP contribution in [0.2, 0.25) is 5.02 Å². The molecule has 0 bridgehead atoms. The number of hydrogen-bond acceptors (Lipinski definition) is 6. The van der Waals surface area contributed by atoms with Crippen molar-refractivity contribution in [1.82, 2.24) is 14.8 Å². The predicted molar refractivity (Wildman–Crippen MR) is 164 cm³/mol. The van der Waals surface area contributed by atoms with Crippen molar-refractivity contribution in [3.63, 3.8) is 0 Å². The van der Waals surface area contributed by atoms with Crippen molar-refractivity contribution < 1.29 is 18.3 Å². The minimum Gasteiger partial charge on any atom is -0.383 e. The van der Waals surface area contributed by atoms with Gasteiger partial charge < -0.3 is 21.1 Å². The molecule has 1 aliphatic heterocycles. The van der Waals surface area contributed by atoms with E-state index in [0.29, 0.717) is 40.6 Å². The number of aliphatic hydroxyl groups excluding tert-OH is 1. The molecule has 6 nitrogen and oxygen atoms in total. The molecule has 1 unspecified atom stereocenters. The summed E-state index contributed by atoms with van der Waals surface area (Å²) in [6.45, 7) is 3.29.